The van der Waals surface area contributed by atoms with Crippen molar-refractivity contribution in [2.75, 3.05) is 0 Å². The Hall–Kier alpha value is -3.90. The molecule has 0 aromatic heterocycles. The van der Waals surface area contributed by atoms with Crippen molar-refractivity contribution in [2.24, 2.45) is 0 Å². The molecule has 0 saturated carbocycles. The molecule has 0 atom stereocenters. The van der Waals surface area contributed by atoms with Crippen molar-refractivity contribution < 1.29 is 0 Å². The van der Waals surface area contributed by atoms with Gasteiger partial charge in [-0.2, -0.15) is 0 Å². The molecule has 0 N–H and O–H groups in total. The van der Waals surface area contributed by atoms with Crippen LogP contribution in [0.25, 0.3) is 54.6 Å². The maximum absolute atomic E-state index is 2.33. The fourth-order valence-electron chi connectivity index (χ4n) is 4.70. The second-order valence-corrected chi connectivity index (χ2v) is 7.77. The molecule has 0 fully saturated rings. The summed E-state index contributed by atoms with van der Waals surface area (Å²) in [7, 11) is 0. The van der Waals surface area contributed by atoms with Crippen LogP contribution in [0.4, 0.5) is 0 Å². The quantitative estimate of drug-likeness (QED) is 0.264. The van der Waals surface area contributed by atoms with Crippen LogP contribution in [0.5, 0.6) is 0 Å². The van der Waals surface area contributed by atoms with Crippen LogP contribution < -0.4 is 0 Å². The van der Waals surface area contributed by atoms with E-state index >= 15 is 0 Å². The van der Waals surface area contributed by atoms with E-state index in [1.54, 1.807) is 0 Å². The Bertz CT molecular complexity index is 1520. The van der Waals surface area contributed by atoms with Gasteiger partial charge in [0.2, 0.25) is 0 Å². The van der Waals surface area contributed by atoms with E-state index in [1.165, 1.54) is 54.6 Å². The molecule has 30 heavy (non-hydrogen) atoms. The van der Waals surface area contributed by atoms with Gasteiger partial charge in [0.15, 0.2) is 0 Å². The van der Waals surface area contributed by atoms with Crippen LogP contribution in [0.15, 0.2) is 121 Å². The summed E-state index contributed by atoms with van der Waals surface area (Å²) in [5, 5.41) is 7.73. The first-order valence-electron chi connectivity index (χ1n) is 10.4. The number of fused-ring (bicyclic) bond motifs is 3. The van der Waals surface area contributed by atoms with Gasteiger partial charge in [0.1, 0.15) is 0 Å². The molecule has 0 aliphatic carbocycles. The predicted octanol–water partition coefficient (Wildman–Crippen LogP) is 8.48. The number of hydrogen-bond acceptors (Lipinski definition) is 0. The third kappa shape index (κ3) is 2.62. The minimum absolute atomic E-state index is 1.25. The topological polar surface area (TPSA) is 0 Å². The summed E-state index contributed by atoms with van der Waals surface area (Å²) < 4.78 is 0. The van der Waals surface area contributed by atoms with E-state index in [0.29, 0.717) is 0 Å². The molecule has 0 amide bonds. The first kappa shape index (κ1) is 17.0. The fraction of sp³-hybridized carbons (Fsp3) is 0. The Morgan fingerprint density at radius 2 is 0.967 bits per heavy atom. The van der Waals surface area contributed by atoms with Gasteiger partial charge in [-0.3, -0.25) is 0 Å². The standard InChI is InChI=1S/C30H20/c1-2-10-22(11-3-1)26-18-9-15-24-20-23-13-5-7-17-27(23)30(29(24)26)28-19-8-14-21-12-4-6-16-25(21)28/h1-20H. The molecule has 0 bridgehead atoms. The predicted molar refractivity (Wildman–Crippen MR) is 130 cm³/mol. The molecule has 6 aromatic rings. The Morgan fingerprint density at radius 3 is 1.80 bits per heavy atom. The van der Waals surface area contributed by atoms with E-state index in [9.17, 15) is 0 Å². The Labute approximate surface area is 176 Å². The van der Waals surface area contributed by atoms with Crippen molar-refractivity contribution in [1.29, 1.82) is 0 Å². The minimum Gasteiger partial charge on any atom is -0.0622 e. The van der Waals surface area contributed by atoms with Crippen molar-refractivity contribution in [3.05, 3.63) is 121 Å². The highest BCUT2D eigenvalue weighted by Gasteiger charge is 2.15. The summed E-state index contributed by atoms with van der Waals surface area (Å²) in [6.07, 6.45) is 0. The van der Waals surface area contributed by atoms with E-state index in [4.69, 9.17) is 0 Å². The number of rotatable bonds is 2. The summed E-state index contributed by atoms with van der Waals surface area (Å²) in [4.78, 5) is 0. The first-order valence-corrected chi connectivity index (χ1v) is 10.4. The van der Waals surface area contributed by atoms with Crippen molar-refractivity contribution in [1.82, 2.24) is 0 Å². The van der Waals surface area contributed by atoms with Gasteiger partial charge >= 0.3 is 0 Å². The lowest BCUT2D eigenvalue weighted by Crippen LogP contribution is -1.90. The molecular weight excluding hydrogens is 360 g/mol. The van der Waals surface area contributed by atoms with Gasteiger partial charge in [-0.1, -0.05) is 115 Å². The first-order chi connectivity index (χ1) is 14.9. The van der Waals surface area contributed by atoms with Crippen LogP contribution in [0, 0.1) is 0 Å². The number of benzene rings is 6. The van der Waals surface area contributed by atoms with Gasteiger partial charge in [-0.15, -0.1) is 0 Å². The van der Waals surface area contributed by atoms with Gasteiger partial charge in [0, 0.05) is 0 Å². The lowest BCUT2D eigenvalue weighted by molar-refractivity contribution is 1.65. The van der Waals surface area contributed by atoms with Crippen LogP contribution in [0.2, 0.25) is 0 Å². The second-order valence-electron chi connectivity index (χ2n) is 7.77. The van der Waals surface area contributed by atoms with Gasteiger partial charge in [0.05, 0.1) is 0 Å². The summed E-state index contributed by atoms with van der Waals surface area (Å²) >= 11 is 0. The maximum atomic E-state index is 2.33. The Balaban J connectivity index is 1.86. The van der Waals surface area contributed by atoms with E-state index < -0.39 is 0 Å². The largest absolute Gasteiger partial charge is 0.0622 e. The fourth-order valence-corrected chi connectivity index (χ4v) is 4.70. The van der Waals surface area contributed by atoms with Crippen LogP contribution in [0.1, 0.15) is 0 Å². The molecule has 0 saturated heterocycles. The van der Waals surface area contributed by atoms with Crippen LogP contribution in [-0.4, -0.2) is 0 Å². The third-order valence-electron chi connectivity index (χ3n) is 6.03. The Morgan fingerprint density at radius 1 is 0.367 bits per heavy atom. The number of hydrogen-bond donors (Lipinski definition) is 0. The summed E-state index contributed by atoms with van der Waals surface area (Å²) in [5.41, 5.74) is 5.14. The highest BCUT2D eigenvalue weighted by molar-refractivity contribution is 6.20. The zero-order valence-corrected chi connectivity index (χ0v) is 16.5. The highest BCUT2D eigenvalue weighted by Crippen LogP contribution is 2.43. The zero-order valence-electron chi connectivity index (χ0n) is 16.5. The van der Waals surface area contributed by atoms with E-state index in [0.717, 1.165) is 0 Å². The van der Waals surface area contributed by atoms with Crippen LogP contribution in [-0.2, 0) is 0 Å². The van der Waals surface area contributed by atoms with Gasteiger partial charge < -0.3 is 0 Å². The monoisotopic (exact) mass is 380 g/mol. The molecule has 0 spiro atoms. The lowest BCUT2D eigenvalue weighted by atomic mass is 9.86. The summed E-state index contributed by atoms with van der Waals surface area (Å²) in [5.74, 6) is 0. The smallest absolute Gasteiger partial charge is 0.00143 e. The van der Waals surface area contributed by atoms with Gasteiger partial charge in [-0.05, 0) is 60.6 Å². The molecule has 0 heteroatoms. The maximum Gasteiger partial charge on any atom is -0.00143 e. The zero-order chi connectivity index (χ0) is 19.9. The molecule has 0 aliphatic rings. The third-order valence-corrected chi connectivity index (χ3v) is 6.03. The molecular formula is C30H20. The van der Waals surface area contributed by atoms with E-state index in [2.05, 4.69) is 121 Å². The molecule has 6 rings (SSSR count). The lowest BCUT2D eigenvalue weighted by Gasteiger charge is -2.17. The summed E-state index contributed by atoms with van der Waals surface area (Å²) in [6.45, 7) is 0. The van der Waals surface area contributed by atoms with Crippen molar-refractivity contribution in [3.8, 4) is 22.3 Å². The average Bonchev–Trinajstić information content (AvgIpc) is 2.82. The second kappa shape index (κ2) is 6.86. The van der Waals surface area contributed by atoms with Gasteiger partial charge in [0.25, 0.3) is 0 Å². The molecule has 0 aliphatic heterocycles. The molecule has 0 nitrogen and oxygen atoms in total. The van der Waals surface area contributed by atoms with E-state index in [1.807, 2.05) is 0 Å². The molecule has 6 aromatic carbocycles. The normalized spacial score (nSPS) is 11.3. The van der Waals surface area contributed by atoms with Crippen molar-refractivity contribution in [3.63, 3.8) is 0 Å². The van der Waals surface area contributed by atoms with Crippen LogP contribution >= 0.6 is 0 Å². The SMILES string of the molecule is c1ccc(-c2cccc3cc4ccccc4c(-c4cccc5ccccc45)c23)cc1. The summed E-state index contributed by atoms with van der Waals surface area (Å²) in [6, 6.07) is 43.8. The van der Waals surface area contributed by atoms with Crippen molar-refractivity contribution >= 4 is 32.3 Å². The van der Waals surface area contributed by atoms with Crippen LogP contribution in [0.3, 0.4) is 0 Å². The van der Waals surface area contributed by atoms with E-state index in [-0.39, 0.29) is 0 Å². The van der Waals surface area contributed by atoms with Crippen molar-refractivity contribution in [2.45, 2.75) is 0 Å². The van der Waals surface area contributed by atoms with Gasteiger partial charge in [-0.25, -0.2) is 0 Å². The minimum atomic E-state index is 1.25. The highest BCUT2D eigenvalue weighted by atomic mass is 14.2. The molecule has 0 unspecified atom stereocenters. The molecule has 0 radical (unpaired) electrons. The molecule has 140 valence electrons. The Kier molecular flexibility index (Phi) is 3.89. The molecule has 0 heterocycles. The average molecular weight is 380 g/mol.